The highest BCUT2D eigenvalue weighted by Gasteiger charge is 2.10. The minimum absolute atomic E-state index is 0.995. The van der Waals surface area contributed by atoms with Crippen molar-refractivity contribution in [2.45, 2.75) is 12.8 Å². The highest BCUT2D eigenvalue weighted by Crippen LogP contribution is 2.25. The molecule has 0 saturated heterocycles. The zero-order chi connectivity index (χ0) is 12.9. The Hall–Kier alpha value is -1.86. The molecule has 2 aromatic carbocycles. The minimum atomic E-state index is 0.995. The van der Waals surface area contributed by atoms with Crippen molar-refractivity contribution in [3.8, 4) is 0 Å². The molecule has 0 aliphatic carbocycles. The summed E-state index contributed by atoms with van der Waals surface area (Å²) in [5.74, 6) is 0. The lowest BCUT2D eigenvalue weighted by atomic mass is 9.92. The van der Waals surface area contributed by atoms with Gasteiger partial charge in [-0.3, -0.25) is 0 Å². The normalized spacial score (nSPS) is 15.1. The van der Waals surface area contributed by atoms with Gasteiger partial charge in [-0.05, 0) is 41.6 Å². The Morgan fingerprint density at radius 3 is 2.47 bits per heavy atom. The van der Waals surface area contributed by atoms with Crippen LogP contribution < -0.4 is 5.32 Å². The standard InChI is InChI=1S/C18H19N/c1-2-6-15(7-3-1)14-17-8-4-5-9-18(17)16-10-12-19-13-11-16/h1-10,19H,11-14H2. The zero-order valence-electron chi connectivity index (χ0n) is 11.1. The second-order valence-electron chi connectivity index (χ2n) is 5.00. The van der Waals surface area contributed by atoms with E-state index >= 15 is 0 Å². The van der Waals surface area contributed by atoms with Crippen LogP contribution in [0.1, 0.15) is 23.1 Å². The van der Waals surface area contributed by atoms with Crippen LogP contribution in [0.5, 0.6) is 0 Å². The lowest BCUT2D eigenvalue weighted by Crippen LogP contribution is -2.20. The Morgan fingerprint density at radius 1 is 0.895 bits per heavy atom. The van der Waals surface area contributed by atoms with E-state index in [1.807, 2.05) is 0 Å². The van der Waals surface area contributed by atoms with E-state index in [9.17, 15) is 0 Å². The Bertz CT molecular complexity index is 569. The van der Waals surface area contributed by atoms with Crippen molar-refractivity contribution < 1.29 is 0 Å². The molecule has 0 saturated carbocycles. The van der Waals surface area contributed by atoms with Crippen LogP contribution in [0.2, 0.25) is 0 Å². The van der Waals surface area contributed by atoms with Crippen molar-refractivity contribution in [2.75, 3.05) is 13.1 Å². The van der Waals surface area contributed by atoms with Gasteiger partial charge < -0.3 is 5.32 Å². The first kappa shape index (κ1) is 12.2. The number of nitrogens with one attached hydrogen (secondary N) is 1. The van der Waals surface area contributed by atoms with E-state index in [2.05, 4.69) is 66.0 Å². The quantitative estimate of drug-likeness (QED) is 0.875. The molecule has 0 spiro atoms. The molecule has 0 aromatic heterocycles. The first-order valence-electron chi connectivity index (χ1n) is 6.95. The summed E-state index contributed by atoms with van der Waals surface area (Å²) in [6.45, 7) is 2.08. The molecule has 0 fully saturated rings. The third-order valence-corrected chi connectivity index (χ3v) is 3.66. The first-order valence-corrected chi connectivity index (χ1v) is 6.95. The molecule has 19 heavy (non-hydrogen) atoms. The van der Waals surface area contributed by atoms with Gasteiger partial charge in [0.2, 0.25) is 0 Å². The van der Waals surface area contributed by atoms with E-state index in [-0.39, 0.29) is 0 Å². The highest BCUT2D eigenvalue weighted by molar-refractivity contribution is 5.69. The molecule has 0 bridgehead atoms. The van der Waals surface area contributed by atoms with E-state index < -0.39 is 0 Å². The van der Waals surface area contributed by atoms with E-state index in [1.165, 1.54) is 22.3 Å². The predicted molar refractivity (Wildman–Crippen MR) is 81.2 cm³/mol. The second kappa shape index (κ2) is 5.85. The zero-order valence-corrected chi connectivity index (χ0v) is 11.1. The number of hydrogen-bond donors (Lipinski definition) is 1. The molecule has 0 unspecified atom stereocenters. The van der Waals surface area contributed by atoms with Gasteiger partial charge in [-0.15, -0.1) is 0 Å². The SMILES string of the molecule is C1=C(c2ccccc2Cc2ccccc2)CCNC1. The van der Waals surface area contributed by atoms with Crippen molar-refractivity contribution >= 4 is 5.57 Å². The van der Waals surface area contributed by atoms with Crippen LogP contribution in [0.15, 0.2) is 60.7 Å². The molecule has 1 heterocycles. The molecular formula is C18H19N. The van der Waals surface area contributed by atoms with Crippen molar-refractivity contribution in [3.05, 3.63) is 77.4 Å². The first-order chi connectivity index (χ1) is 9.43. The van der Waals surface area contributed by atoms with Crippen LogP contribution in [-0.2, 0) is 6.42 Å². The summed E-state index contributed by atoms with van der Waals surface area (Å²) < 4.78 is 0. The van der Waals surface area contributed by atoms with Crippen LogP contribution >= 0.6 is 0 Å². The molecule has 1 N–H and O–H groups in total. The number of benzene rings is 2. The van der Waals surface area contributed by atoms with E-state index in [0.717, 1.165) is 25.9 Å². The van der Waals surface area contributed by atoms with Crippen molar-refractivity contribution in [3.63, 3.8) is 0 Å². The largest absolute Gasteiger partial charge is 0.313 e. The fourth-order valence-corrected chi connectivity index (χ4v) is 2.67. The van der Waals surface area contributed by atoms with Crippen LogP contribution in [0.4, 0.5) is 0 Å². The molecule has 0 radical (unpaired) electrons. The minimum Gasteiger partial charge on any atom is -0.313 e. The molecule has 0 amide bonds. The molecule has 3 rings (SSSR count). The van der Waals surface area contributed by atoms with Crippen molar-refractivity contribution in [1.82, 2.24) is 5.32 Å². The summed E-state index contributed by atoms with van der Waals surface area (Å²) in [7, 11) is 0. The maximum atomic E-state index is 3.38. The fraction of sp³-hybridized carbons (Fsp3) is 0.222. The number of rotatable bonds is 3. The maximum absolute atomic E-state index is 3.38. The Morgan fingerprint density at radius 2 is 1.68 bits per heavy atom. The van der Waals surface area contributed by atoms with Gasteiger partial charge >= 0.3 is 0 Å². The summed E-state index contributed by atoms with van der Waals surface area (Å²) in [5, 5.41) is 3.38. The molecule has 1 aliphatic rings. The van der Waals surface area contributed by atoms with Gasteiger partial charge in [-0.25, -0.2) is 0 Å². The molecule has 0 atom stereocenters. The summed E-state index contributed by atoms with van der Waals surface area (Å²) in [4.78, 5) is 0. The van der Waals surface area contributed by atoms with Gasteiger partial charge in [0, 0.05) is 6.54 Å². The third kappa shape index (κ3) is 2.94. The molecule has 1 heteroatoms. The van der Waals surface area contributed by atoms with Gasteiger partial charge in [-0.1, -0.05) is 60.7 Å². The lowest BCUT2D eigenvalue weighted by Gasteiger charge is -2.17. The van der Waals surface area contributed by atoms with Gasteiger partial charge in [0.25, 0.3) is 0 Å². The van der Waals surface area contributed by atoms with Crippen LogP contribution in [0, 0.1) is 0 Å². The van der Waals surface area contributed by atoms with Gasteiger partial charge in [0.05, 0.1) is 0 Å². The van der Waals surface area contributed by atoms with Gasteiger partial charge in [0.15, 0.2) is 0 Å². The average Bonchev–Trinajstić information content (AvgIpc) is 2.50. The van der Waals surface area contributed by atoms with E-state index in [4.69, 9.17) is 0 Å². The predicted octanol–water partition coefficient (Wildman–Crippen LogP) is 3.65. The Kier molecular flexibility index (Phi) is 3.75. The van der Waals surface area contributed by atoms with Gasteiger partial charge in [0.1, 0.15) is 0 Å². The monoisotopic (exact) mass is 249 g/mol. The summed E-state index contributed by atoms with van der Waals surface area (Å²) in [6.07, 6.45) is 4.47. The Balaban J connectivity index is 1.91. The van der Waals surface area contributed by atoms with Crippen LogP contribution in [-0.4, -0.2) is 13.1 Å². The molecule has 1 nitrogen and oxygen atoms in total. The second-order valence-corrected chi connectivity index (χ2v) is 5.00. The Labute approximate surface area is 115 Å². The number of hydrogen-bond acceptors (Lipinski definition) is 1. The van der Waals surface area contributed by atoms with Crippen LogP contribution in [0.3, 0.4) is 0 Å². The summed E-state index contributed by atoms with van der Waals surface area (Å²) in [5.41, 5.74) is 5.73. The average molecular weight is 249 g/mol. The van der Waals surface area contributed by atoms with E-state index in [1.54, 1.807) is 0 Å². The smallest absolute Gasteiger partial charge is 0.0140 e. The van der Waals surface area contributed by atoms with Crippen LogP contribution in [0.25, 0.3) is 5.57 Å². The van der Waals surface area contributed by atoms with E-state index in [0.29, 0.717) is 0 Å². The topological polar surface area (TPSA) is 12.0 Å². The summed E-state index contributed by atoms with van der Waals surface area (Å²) in [6, 6.07) is 19.5. The third-order valence-electron chi connectivity index (χ3n) is 3.66. The highest BCUT2D eigenvalue weighted by atomic mass is 14.8. The fourth-order valence-electron chi connectivity index (χ4n) is 2.67. The molecule has 1 aliphatic heterocycles. The lowest BCUT2D eigenvalue weighted by molar-refractivity contribution is 0.738. The summed E-state index contributed by atoms with van der Waals surface area (Å²) >= 11 is 0. The molecule has 96 valence electrons. The van der Waals surface area contributed by atoms with Gasteiger partial charge in [-0.2, -0.15) is 0 Å². The van der Waals surface area contributed by atoms with Crippen molar-refractivity contribution in [1.29, 1.82) is 0 Å². The maximum Gasteiger partial charge on any atom is 0.0140 e. The molecular weight excluding hydrogens is 230 g/mol. The van der Waals surface area contributed by atoms with Crippen molar-refractivity contribution in [2.24, 2.45) is 0 Å². The molecule has 2 aromatic rings.